The highest BCUT2D eigenvalue weighted by Crippen LogP contribution is 2.29. The van der Waals surface area contributed by atoms with Crippen LogP contribution >= 0.6 is 0 Å². The Balaban J connectivity index is 3.37. The third kappa shape index (κ3) is 2.30. The lowest BCUT2D eigenvalue weighted by molar-refractivity contribution is -0.144. The largest absolute Gasteiger partial charge is 0.466 e. The maximum absolute atomic E-state index is 13.3. The Morgan fingerprint density at radius 2 is 1.39 bits per heavy atom. The molecule has 0 N–H and O–H groups in total. The van der Waals surface area contributed by atoms with Crippen molar-refractivity contribution in [3.05, 3.63) is 34.6 Å². The zero-order valence-corrected chi connectivity index (χ0v) is 9.49. The number of halogens is 5. The highest BCUT2D eigenvalue weighted by Gasteiger charge is 2.32. The Labute approximate surface area is 99.4 Å². The van der Waals surface area contributed by atoms with Gasteiger partial charge in [-0.2, -0.15) is 0 Å². The minimum Gasteiger partial charge on any atom is -0.466 e. The van der Waals surface area contributed by atoms with Crippen LogP contribution in [0, 0.1) is 29.1 Å². The average molecular weight is 268 g/mol. The molecule has 0 aliphatic carbocycles. The van der Waals surface area contributed by atoms with Gasteiger partial charge in [0.25, 0.3) is 0 Å². The van der Waals surface area contributed by atoms with Gasteiger partial charge in [0.1, 0.15) is 0 Å². The van der Waals surface area contributed by atoms with Gasteiger partial charge in [-0.1, -0.05) is 0 Å². The van der Waals surface area contributed by atoms with E-state index >= 15 is 0 Å². The molecule has 0 amide bonds. The summed E-state index contributed by atoms with van der Waals surface area (Å²) >= 11 is 0. The fourth-order valence-corrected chi connectivity index (χ4v) is 1.39. The summed E-state index contributed by atoms with van der Waals surface area (Å²) in [6.45, 7) is 2.37. The summed E-state index contributed by atoms with van der Waals surface area (Å²) < 4.78 is 69.7. The molecule has 1 atom stereocenters. The fraction of sp³-hybridized carbons (Fsp3) is 0.364. The van der Waals surface area contributed by atoms with Gasteiger partial charge in [-0.15, -0.1) is 0 Å². The summed E-state index contributed by atoms with van der Waals surface area (Å²) in [7, 11) is 0. The van der Waals surface area contributed by atoms with E-state index in [1.54, 1.807) is 0 Å². The van der Waals surface area contributed by atoms with Crippen LogP contribution in [0.15, 0.2) is 0 Å². The highest BCUT2D eigenvalue weighted by molar-refractivity contribution is 5.77. The SMILES string of the molecule is CCOC(=O)C(C)c1c(F)c(F)c(F)c(F)c1F. The first-order chi connectivity index (χ1) is 8.32. The Hall–Kier alpha value is -1.66. The highest BCUT2D eigenvalue weighted by atomic mass is 19.2. The number of hydrogen-bond acceptors (Lipinski definition) is 2. The predicted molar refractivity (Wildman–Crippen MR) is 51.3 cm³/mol. The van der Waals surface area contributed by atoms with Gasteiger partial charge in [-0.05, 0) is 13.8 Å². The first kappa shape index (κ1) is 14.4. The first-order valence-electron chi connectivity index (χ1n) is 5.00. The van der Waals surface area contributed by atoms with Crippen molar-refractivity contribution in [2.75, 3.05) is 6.61 Å². The monoisotopic (exact) mass is 268 g/mol. The molecule has 0 radical (unpaired) electrons. The standard InChI is InChI=1S/C11H9F5O2/c1-3-18-11(17)4(2)5-6(12)8(14)10(16)9(15)7(5)13/h4H,3H2,1-2H3. The van der Waals surface area contributed by atoms with Gasteiger partial charge in [-0.25, -0.2) is 22.0 Å². The van der Waals surface area contributed by atoms with E-state index in [0.717, 1.165) is 6.92 Å². The number of carbonyl (C=O) groups is 1. The van der Waals surface area contributed by atoms with E-state index in [1.807, 2.05) is 0 Å². The van der Waals surface area contributed by atoms with E-state index in [9.17, 15) is 26.7 Å². The summed E-state index contributed by atoms with van der Waals surface area (Å²) in [5.74, 6) is -13.1. The molecule has 0 fully saturated rings. The molecule has 0 heterocycles. The molecule has 0 saturated carbocycles. The van der Waals surface area contributed by atoms with Crippen LogP contribution in [0.3, 0.4) is 0 Å². The molecule has 1 aromatic rings. The second-order valence-electron chi connectivity index (χ2n) is 3.46. The summed E-state index contributed by atoms with van der Waals surface area (Å²) in [6.07, 6.45) is 0. The van der Waals surface area contributed by atoms with Gasteiger partial charge in [0, 0.05) is 5.56 Å². The summed E-state index contributed by atoms with van der Waals surface area (Å²) in [6, 6.07) is 0. The molecule has 2 nitrogen and oxygen atoms in total. The second kappa shape index (κ2) is 5.32. The van der Waals surface area contributed by atoms with Gasteiger partial charge in [-0.3, -0.25) is 4.79 Å². The maximum atomic E-state index is 13.3. The molecular formula is C11H9F5O2. The maximum Gasteiger partial charge on any atom is 0.313 e. The van der Waals surface area contributed by atoms with Crippen LogP contribution in [0.4, 0.5) is 22.0 Å². The van der Waals surface area contributed by atoms with Crippen molar-refractivity contribution in [1.82, 2.24) is 0 Å². The van der Waals surface area contributed by atoms with Crippen molar-refractivity contribution < 1.29 is 31.5 Å². The van der Waals surface area contributed by atoms with Crippen LogP contribution in [0.25, 0.3) is 0 Å². The normalized spacial score (nSPS) is 12.4. The third-order valence-corrected chi connectivity index (χ3v) is 2.32. The van der Waals surface area contributed by atoms with Crippen molar-refractivity contribution in [1.29, 1.82) is 0 Å². The Morgan fingerprint density at radius 1 is 1.00 bits per heavy atom. The smallest absolute Gasteiger partial charge is 0.313 e. The van der Waals surface area contributed by atoms with E-state index in [0.29, 0.717) is 0 Å². The van der Waals surface area contributed by atoms with E-state index < -0.39 is 46.5 Å². The van der Waals surface area contributed by atoms with Crippen LogP contribution in [0.5, 0.6) is 0 Å². The lowest BCUT2D eigenvalue weighted by Gasteiger charge is -2.14. The van der Waals surface area contributed by atoms with Crippen molar-refractivity contribution in [2.45, 2.75) is 19.8 Å². The van der Waals surface area contributed by atoms with Crippen LogP contribution in [0.1, 0.15) is 25.3 Å². The fourth-order valence-electron chi connectivity index (χ4n) is 1.39. The van der Waals surface area contributed by atoms with Gasteiger partial charge >= 0.3 is 5.97 Å². The number of ether oxygens (including phenoxy) is 1. The molecule has 0 bridgehead atoms. The summed E-state index contributed by atoms with van der Waals surface area (Å²) in [5, 5.41) is 0. The van der Waals surface area contributed by atoms with E-state index in [2.05, 4.69) is 4.74 Å². The van der Waals surface area contributed by atoms with Crippen molar-refractivity contribution in [3.8, 4) is 0 Å². The molecular weight excluding hydrogens is 259 g/mol. The van der Waals surface area contributed by atoms with Crippen LogP contribution < -0.4 is 0 Å². The molecule has 0 aliphatic heterocycles. The lowest BCUT2D eigenvalue weighted by Crippen LogP contribution is -2.18. The van der Waals surface area contributed by atoms with Crippen LogP contribution in [0.2, 0.25) is 0 Å². The Bertz CT molecular complexity index is 458. The molecule has 7 heteroatoms. The van der Waals surface area contributed by atoms with E-state index in [4.69, 9.17) is 0 Å². The van der Waals surface area contributed by atoms with Gasteiger partial charge < -0.3 is 4.74 Å². The Morgan fingerprint density at radius 3 is 1.78 bits per heavy atom. The molecule has 0 aromatic heterocycles. The summed E-state index contributed by atoms with van der Waals surface area (Å²) in [5.41, 5.74) is -1.19. The zero-order valence-electron chi connectivity index (χ0n) is 9.49. The third-order valence-electron chi connectivity index (χ3n) is 2.32. The Kier molecular flexibility index (Phi) is 4.26. The van der Waals surface area contributed by atoms with Crippen molar-refractivity contribution >= 4 is 5.97 Å². The number of carbonyl (C=O) groups excluding carboxylic acids is 1. The molecule has 18 heavy (non-hydrogen) atoms. The number of rotatable bonds is 3. The topological polar surface area (TPSA) is 26.3 Å². The molecule has 1 aromatic carbocycles. The van der Waals surface area contributed by atoms with Gasteiger partial charge in [0.15, 0.2) is 23.3 Å². The molecule has 0 spiro atoms. The quantitative estimate of drug-likeness (QED) is 0.364. The number of hydrogen-bond donors (Lipinski definition) is 0. The molecule has 1 rings (SSSR count). The number of esters is 1. The van der Waals surface area contributed by atoms with Crippen molar-refractivity contribution in [3.63, 3.8) is 0 Å². The first-order valence-corrected chi connectivity index (χ1v) is 5.00. The van der Waals surface area contributed by atoms with E-state index in [-0.39, 0.29) is 6.61 Å². The zero-order chi connectivity index (χ0) is 14.0. The average Bonchev–Trinajstić information content (AvgIpc) is 2.34. The summed E-state index contributed by atoms with van der Waals surface area (Å²) in [4.78, 5) is 11.3. The van der Waals surface area contributed by atoms with Gasteiger partial charge in [0.2, 0.25) is 5.82 Å². The molecule has 1 unspecified atom stereocenters. The predicted octanol–water partition coefficient (Wildman–Crippen LogP) is 3.05. The minimum atomic E-state index is -2.26. The molecule has 0 saturated heterocycles. The van der Waals surface area contributed by atoms with Gasteiger partial charge in [0.05, 0.1) is 12.5 Å². The van der Waals surface area contributed by atoms with Crippen molar-refractivity contribution in [2.24, 2.45) is 0 Å². The van der Waals surface area contributed by atoms with Crippen LogP contribution in [-0.4, -0.2) is 12.6 Å². The second-order valence-corrected chi connectivity index (χ2v) is 3.46. The molecule has 0 aliphatic rings. The van der Waals surface area contributed by atoms with Crippen LogP contribution in [-0.2, 0) is 9.53 Å². The lowest BCUT2D eigenvalue weighted by atomic mass is 9.99. The van der Waals surface area contributed by atoms with E-state index in [1.165, 1.54) is 6.92 Å². The number of benzene rings is 1. The minimum absolute atomic E-state index is 0.0709. The molecule has 100 valence electrons.